The van der Waals surface area contributed by atoms with Gasteiger partial charge in [0.15, 0.2) is 0 Å². The normalized spacial score (nSPS) is 17.1. The van der Waals surface area contributed by atoms with Crippen LogP contribution in [0.4, 0.5) is 5.69 Å². The summed E-state index contributed by atoms with van der Waals surface area (Å²) < 4.78 is 6.87. The Bertz CT molecular complexity index is 567. The van der Waals surface area contributed by atoms with Gasteiger partial charge in [0.05, 0.1) is 6.61 Å². The van der Waals surface area contributed by atoms with Crippen LogP contribution in [0, 0.1) is 0 Å². The molecule has 0 saturated heterocycles. The lowest BCUT2D eigenvalue weighted by Gasteiger charge is -2.27. The quantitative estimate of drug-likeness (QED) is 0.880. The molecule has 0 aromatic heterocycles. The van der Waals surface area contributed by atoms with Gasteiger partial charge in [0.2, 0.25) is 0 Å². The van der Waals surface area contributed by atoms with Crippen molar-refractivity contribution in [3.63, 3.8) is 0 Å². The highest BCUT2D eigenvalue weighted by Gasteiger charge is 2.16. The fraction of sp³-hybridized carbons (Fsp3) is 0.294. The van der Waals surface area contributed by atoms with Crippen molar-refractivity contribution in [3.05, 3.63) is 58.6 Å². The van der Waals surface area contributed by atoms with E-state index in [1.165, 1.54) is 17.7 Å². The summed E-state index contributed by atoms with van der Waals surface area (Å²) in [7, 11) is 0. The van der Waals surface area contributed by atoms with Crippen molar-refractivity contribution in [2.75, 3.05) is 11.9 Å². The van der Waals surface area contributed by atoms with Gasteiger partial charge in [-0.2, -0.15) is 0 Å². The van der Waals surface area contributed by atoms with E-state index in [4.69, 9.17) is 4.74 Å². The molecule has 1 heterocycles. The molecular weight excluding hydrogens is 314 g/mol. The smallest absolute Gasteiger partial charge is 0.119 e. The van der Waals surface area contributed by atoms with Gasteiger partial charge in [-0.1, -0.05) is 34.1 Å². The third kappa shape index (κ3) is 3.34. The number of hydrogen-bond acceptors (Lipinski definition) is 2. The minimum absolute atomic E-state index is 0.514. The Morgan fingerprint density at radius 1 is 1.10 bits per heavy atom. The summed E-state index contributed by atoms with van der Waals surface area (Å²) in [6.07, 6.45) is 3.37. The second kappa shape index (κ2) is 6.31. The minimum atomic E-state index is 0.514. The molecule has 0 fully saturated rings. The summed E-state index contributed by atoms with van der Waals surface area (Å²) in [5, 5.41) is 3.60. The molecule has 0 aliphatic carbocycles. The first-order valence-corrected chi connectivity index (χ1v) is 7.83. The fourth-order valence-corrected chi connectivity index (χ4v) is 2.83. The van der Waals surface area contributed by atoms with Gasteiger partial charge in [-0.15, -0.1) is 0 Å². The van der Waals surface area contributed by atoms with Gasteiger partial charge >= 0.3 is 0 Å². The summed E-state index contributed by atoms with van der Waals surface area (Å²) in [6, 6.07) is 17.1. The molecule has 2 nitrogen and oxygen atoms in total. The summed E-state index contributed by atoms with van der Waals surface area (Å²) >= 11 is 3.43. The molecule has 1 aliphatic heterocycles. The summed E-state index contributed by atoms with van der Waals surface area (Å²) in [6.45, 7) is 0.751. The SMILES string of the molecule is Brc1ccc(OCCC2CCc3ccccc3N2)cc1. The highest BCUT2D eigenvalue weighted by Crippen LogP contribution is 2.25. The van der Waals surface area contributed by atoms with Gasteiger partial charge in [0.1, 0.15) is 5.75 Å². The first-order chi connectivity index (χ1) is 9.81. The largest absolute Gasteiger partial charge is 0.494 e. The van der Waals surface area contributed by atoms with Crippen molar-refractivity contribution in [1.29, 1.82) is 0 Å². The average Bonchev–Trinajstić information content (AvgIpc) is 2.49. The maximum absolute atomic E-state index is 5.79. The van der Waals surface area contributed by atoms with Crippen LogP contribution in [0.5, 0.6) is 5.75 Å². The van der Waals surface area contributed by atoms with E-state index in [0.29, 0.717) is 6.04 Å². The maximum atomic E-state index is 5.79. The summed E-state index contributed by atoms with van der Waals surface area (Å²) in [4.78, 5) is 0. The lowest BCUT2D eigenvalue weighted by atomic mass is 9.96. The number of fused-ring (bicyclic) bond motifs is 1. The molecule has 1 N–H and O–H groups in total. The van der Waals surface area contributed by atoms with E-state index in [1.807, 2.05) is 24.3 Å². The standard InChI is InChI=1S/C17H18BrNO/c18-14-6-9-16(10-7-14)20-12-11-15-8-5-13-3-1-2-4-17(13)19-15/h1-4,6-7,9-10,15,19H,5,8,11-12H2. The zero-order valence-corrected chi connectivity index (χ0v) is 12.9. The molecule has 0 radical (unpaired) electrons. The van der Waals surface area contributed by atoms with Gasteiger partial charge in [-0.05, 0) is 48.7 Å². The van der Waals surface area contributed by atoms with Crippen molar-refractivity contribution < 1.29 is 4.74 Å². The molecule has 2 aromatic rings. The molecule has 0 saturated carbocycles. The minimum Gasteiger partial charge on any atom is -0.494 e. The Kier molecular flexibility index (Phi) is 4.26. The van der Waals surface area contributed by atoms with Crippen molar-refractivity contribution in [1.82, 2.24) is 0 Å². The van der Waals surface area contributed by atoms with E-state index in [2.05, 4.69) is 45.5 Å². The van der Waals surface area contributed by atoms with Crippen LogP contribution in [0.15, 0.2) is 53.0 Å². The van der Waals surface area contributed by atoms with Crippen LogP contribution in [-0.4, -0.2) is 12.6 Å². The van der Waals surface area contributed by atoms with Crippen molar-refractivity contribution in [2.24, 2.45) is 0 Å². The highest BCUT2D eigenvalue weighted by atomic mass is 79.9. The van der Waals surface area contributed by atoms with Crippen LogP contribution in [0.1, 0.15) is 18.4 Å². The molecule has 3 heteroatoms. The Balaban J connectivity index is 1.49. The molecule has 1 aliphatic rings. The first-order valence-electron chi connectivity index (χ1n) is 7.04. The average molecular weight is 332 g/mol. The number of anilines is 1. The van der Waals surface area contributed by atoms with Gasteiger partial charge in [-0.25, -0.2) is 0 Å². The number of ether oxygens (including phenoxy) is 1. The van der Waals surface area contributed by atoms with Crippen LogP contribution >= 0.6 is 15.9 Å². The Morgan fingerprint density at radius 3 is 2.75 bits per heavy atom. The van der Waals surface area contributed by atoms with E-state index in [9.17, 15) is 0 Å². The third-order valence-electron chi connectivity index (χ3n) is 3.69. The van der Waals surface area contributed by atoms with Crippen molar-refractivity contribution in [3.8, 4) is 5.75 Å². The van der Waals surface area contributed by atoms with E-state index >= 15 is 0 Å². The summed E-state index contributed by atoms with van der Waals surface area (Å²) in [5.41, 5.74) is 2.71. The molecule has 0 amide bonds. The number of rotatable bonds is 4. The summed E-state index contributed by atoms with van der Waals surface area (Å²) in [5.74, 6) is 0.935. The van der Waals surface area contributed by atoms with Crippen molar-refractivity contribution >= 4 is 21.6 Å². The molecule has 20 heavy (non-hydrogen) atoms. The molecule has 104 valence electrons. The van der Waals surface area contributed by atoms with Crippen molar-refractivity contribution in [2.45, 2.75) is 25.3 Å². The number of nitrogens with one attached hydrogen (secondary N) is 1. The van der Waals surface area contributed by atoms with Crippen LogP contribution in [0.3, 0.4) is 0 Å². The van der Waals surface area contributed by atoms with E-state index in [0.717, 1.165) is 29.7 Å². The van der Waals surface area contributed by atoms with E-state index < -0.39 is 0 Å². The van der Waals surface area contributed by atoms with Gasteiger partial charge < -0.3 is 10.1 Å². The molecule has 3 rings (SSSR count). The Hall–Kier alpha value is -1.48. The van der Waals surface area contributed by atoms with Crippen LogP contribution in [0.25, 0.3) is 0 Å². The molecule has 1 unspecified atom stereocenters. The number of aryl methyl sites for hydroxylation is 1. The fourth-order valence-electron chi connectivity index (χ4n) is 2.57. The predicted molar refractivity (Wildman–Crippen MR) is 86.4 cm³/mol. The van der Waals surface area contributed by atoms with Crippen LogP contribution in [0.2, 0.25) is 0 Å². The van der Waals surface area contributed by atoms with E-state index in [1.54, 1.807) is 0 Å². The first kappa shape index (κ1) is 13.5. The lowest BCUT2D eigenvalue weighted by molar-refractivity contribution is 0.297. The molecule has 1 atom stereocenters. The number of para-hydroxylation sites is 1. The highest BCUT2D eigenvalue weighted by molar-refractivity contribution is 9.10. The lowest BCUT2D eigenvalue weighted by Crippen LogP contribution is -2.27. The monoisotopic (exact) mass is 331 g/mol. The van der Waals surface area contributed by atoms with Crippen LogP contribution in [-0.2, 0) is 6.42 Å². The maximum Gasteiger partial charge on any atom is 0.119 e. The zero-order chi connectivity index (χ0) is 13.8. The zero-order valence-electron chi connectivity index (χ0n) is 11.3. The van der Waals surface area contributed by atoms with Gasteiger partial charge in [-0.3, -0.25) is 0 Å². The third-order valence-corrected chi connectivity index (χ3v) is 4.22. The van der Waals surface area contributed by atoms with Crippen LogP contribution < -0.4 is 10.1 Å². The Labute approximate surface area is 128 Å². The van der Waals surface area contributed by atoms with Gasteiger partial charge in [0, 0.05) is 22.6 Å². The second-order valence-electron chi connectivity index (χ2n) is 5.13. The molecule has 2 aromatic carbocycles. The second-order valence-corrected chi connectivity index (χ2v) is 6.04. The Morgan fingerprint density at radius 2 is 1.90 bits per heavy atom. The number of benzene rings is 2. The predicted octanol–water partition coefficient (Wildman–Crippen LogP) is 4.64. The number of hydrogen-bond donors (Lipinski definition) is 1. The molecular formula is C17H18BrNO. The molecule has 0 bridgehead atoms. The molecule has 0 spiro atoms. The van der Waals surface area contributed by atoms with Gasteiger partial charge in [0.25, 0.3) is 0 Å². The topological polar surface area (TPSA) is 21.3 Å². The number of halogens is 1. The van der Waals surface area contributed by atoms with E-state index in [-0.39, 0.29) is 0 Å².